The molecule has 6 nitrogen and oxygen atoms in total. The van der Waals surface area contributed by atoms with Gasteiger partial charge < -0.3 is 20.1 Å². The average Bonchev–Trinajstić information content (AvgIpc) is 2.44. The number of carbonyl (C=O) groups excluding carboxylic acids is 2. The van der Waals surface area contributed by atoms with Crippen molar-refractivity contribution in [2.75, 3.05) is 20.3 Å². The summed E-state index contributed by atoms with van der Waals surface area (Å²) in [5, 5.41) is 5.69. The molecule has 0 unspecified atom stereocenters. The van der Waals surface area contributed by atoms with E-state index in [1.807, 2.05) is 0 Å². The van der Waals surface area contributed by atoms with Gasteiger partial charge in [-0.15, -0.1) is 0 Å². The number of amides is 2. The van der Waals surface area contributed by atoms with Crippen molar-refractivity contribution in [3.05, 3.63) is 0 Å². The Labute approximate surface area is 126 Å². The second kappa shape index (κ2) is 7.64. The zero-order valence-corrected chi connectivity index (χ0v) is 13.7. The molecule has 1 rings (SSSR count). The smallest absolute Gasteiger partial charge is 0.315 e. The van der Waals surface area contributed by atoms with Crippen LogP contribution in [-0.4, -0.2) is 44.4 Å². The Morgan fingerprint density at radius 1 is 1.38 bits per heavy atom. The van der Waals surface area contributed by atoms with Crippen molar-refractivity contribution in [3.63, 3.8) is 0 Å². The highest BCUT2D eigenvalue weighted by Crippen LogP contribution is 2.20. The molecule has 1 saturated heterocycles. The maximum atomic E-state index is 11.9. The van der Waals surface area contributed by atoms with Crippen LogP contribution in [0.25, 0.3) is 0 Å². The van der Waals surface area contributed by atoms with E-state index in [0.717, 1.165) is 12.8 Å². The Morgan fingerprint density at radius 2 is 2.05 bits per heavy atom. The molecular formula is C15H28N2O4. The lowest BCUT2D eigenvalue weighted by atomic mass is 9.94. The molecule has 122 valence electrons. The van der Waals surface area contributed by atoms with Crippen LogP contribution < -0.4 is 10.6 Å². The minimum atomic E-state index is -0.734. The second-order valence-electron chi connectivity index (χ2n) is 6.58. The quantitative estimate of drug-likeness (QED) is 0.758. The van der Waals surface area contributed by atoms with E-state index in [1.165, 1.54) is 7.11 Å². The first-order chi connectivity index (χ1) is 9.76. The third-order valence-electron chi connectivity index (χ3n) is 3.82. The van der Waals surface area contributed by atoms with Gasteiger partial charge in [0, 0.05) is 19.2 Å². The van der Waals surface area contributed by atoms with E-state index in [4.69, 9.17) is 9.47 Å². The maximum absolute atomic E-state index is 11.9. The summed E-state index contributed by atoms with van der Waals surface area (Å²) in [4.78, 5) is 23.5. The molecule has 2 N–H and O–H groups in total. The molecule has 0 aromatic rings. The van der Waals surface area contributed by atoms with Crippen molar-refractivity contribution < 1.29 is 19.1 Å². The molecule has 0 aromatic carbocycles. The molecule has 2 amide bonds. The van der Waals surface area contributed by atoms with Crippen molar-refractivity contribution in [2.45, 2.75) is 52.7 Å². The van der Waals surface area contributed by atoms with Gasteiger partial charge >= 0.3 is 12.0 Å². The first-order valence-corrected chi connectivity index (χ1v) is 7.50. The molecule has 21 heavy (non-hydrogen) atoms. The number of hydrogen-bond donors (Lipinski definition) is 2. The Bertz CT molecular complexity index is 369. The molecule has 0 aromatic heterocycles. The van der Waals surface area contributed by atoms with Crippen LogP contribution in [0.2, 0.25) is 0 Å². The van der Waals surface area contributed by atoms with Crippen molar-refractivity contribution in [1.29, 1.82) is 0 Å². The number of carbonyl (C=O) groups is 2. The predicted molar refractivity (Wildman–Crippen MR) is 79.9 cm³/mol. The van der Waals surface area contributed by atoms with Gasteiger partial charge in [0.25, 0.3) is 0 Å². The van der Waals surface area contributed by atoms with Gasteiger partial charge in [0.05, 0.1) is 18.6 Å². The molecule has 1 aliphatic rings. The van der Waals surface area contributed by atoms with Crippen LogP contribution in [-0.2, 0) is 14.3 Å². The van der Waals surface area contributed by atoms with Crippen molar-refractivity contribution in [1.82, 2.24) is 10.6 Å². The summed E-state index contributed by atoms with van der Waals surface area (Å²) in [6.07, 6.45) is 1.83. The summed E-state index contributed by atoms with van der Waals surface area (Å²) in [5.74, 6) is 0.102. The molecule has 0 saturated carbocycles. The minimum absolute atomic E-state index is 0.118. The largest absolute Gasteiger partial charge is 0.469 e. The normalized spacial score (nSPS) is 22.8. The Hall–Kier alpha value is -1.30. The molecule has 6 heteroatoms. The maximum Gasteiger partial charge on any atom is 0.315 e. The summed E-state index contributed by atoms with van der Waals surface area (Å²) in [7, 11) is 1.35. The molecule has 0 aliphatic carbocycles. The summed E-state index contributed by atoms with van der Waals surface area (Å²) in [5.41, 5.74) is -0.734. The zero-order chi connectivity index (χ0) is 16.0. The number of methoxy groups -OCH3 is 1. The minimum Gasteiger partial charge on any atom is -0.469 e. The van der Waals surface area contributed by atoms with Gasteiger partial charge in [-0.25, -0.2) is 4.79 Å². The van der Waals surface area contributed by atoms with Gasteiger partial charge in [-0.3, -0.25) is 4.79 Å². The Morgan fingerprint density at radius 3 is 2.62 bits per heavy atom. The van der Waals surface area contributed by atoms with Gasteiger partial charge in [-0.05, 0) is 32.6 Å². The van der Waals surface area contributed by atoms with Crippen molar-refractivity contribution in [3.8, 4) is 0 Å². The number of esters is 1. The highest BCUT2D eigenvalue weighted by Gasteiger charge is 2.30. The van der Waals surface area contributed by atoms with E-state index >= 15 is 0 Å². The lowest BCUT2D eigenvalue weighted by Crippen LogP contribution is -2.49. The van der Waals surface area contributed by atoms with E-state index in [2.05, 4.69) is 24.5 Å². The highest BCUT2D eigenvalue weighted by atomic mass is 16.5. The Kier molecular flexibility index (Phi) is 6.45. The van der Waals surface area contributed by atoms with E-state index < -0.39 is 5.41 Å². The highest BCUT2D eigenvalue weighted by molar-refractivity contribution is 5.78. The molecule has 1 aliphatic heterocycles. The molecule has 1 heterocycles. The number of hydrogen-bond acceptors (Lipinski definition) is 4. The molecule has 0 spiro atoms. The Balaban J connectivity index is 2.38. The van der Waals surface area contributed by atoms with E-state index in [0.29, 0.717) is 12.5 Å². The fourth-order valence-corrected chi connectivity index (χ4v) is 2.31. The van der Waals surface area contributed by atoms with Crippen LogP contribution in [0, 0.1) is 11.3 Å². The molecule has 1 fully saturated rings. The van der Waals surface area contributed by atoms with E-state index in [1.54, 1.807) is 13.8 Å². The standard InChI is InChI=1S/C15H28N2O4/c1-10(2)12-8-11(6-7-21-12)17-14(19)16-9-15(3,4)13(18)20-5/h10-12H,6-9H2,1-5H3,(H2,16,17,19)/t11-,12-/m1/s1. The molecular weight excluding hydrogens is 272 g/mol. The van der Waals surface area contributed by atoms with Crippen molar-refractivity contribution >= 4 is 12.0 Å². The SMILES string of the molecule is COC(=O)C(C)(C)CNC(=O)N[C@@H]1CCO[C@@H](C(C)C)C1. The first-order valence-electron chi connectivity index (χ1n) is 7.50. The fraction of sp³-hybridized carbons (Fsp3) is 0.867. The molecule has 0 radical (unpaired) electrons. The van der Waals surface area contributed by atoms with Crippen molar-refractivity contribution in [2.24, 2.45) is 11.3 Å². The van der Waals surface area contributed by atoms with E-state index in [9.17, 15) is 9.59 Å². The average molecular weight is 300 g/mol. The number of urea groups is 1. The molecule has 0 bridgehead atoms. The van der Waals surface area contributed by atoms with Gasteiger partial charge in [0.15, 0.2) is 0 Å². The van der Waals surface area contributed by atoms with Crippen LogP contribution >= 0.6 is 0 Å². The first kappa shape index (κ1) is 17.8. The van der Waals surface area contributed by atoms with Crippen LogP contribution in [0.15, 0.2) is 0 Å². The summed E-state index contributed by atoms with van der Waals surface area (Å²) in [6, 6.07) is -0.131. The topological polar surface area (TPSA) is 76.7 Å². The van der Waals surface area contributed by atoms with Gasteiger partial charge in [0.2, 0.25) is 0 Å². The van der Waals surface area contributed by atoms with Gasteiger partial charge in [-0.2, -0.15) is 0 Å². The zero-order valence-electron chi connectivity index (χ0n) is 13.7. The van der Waals surface area contributed by atoms with Crippen LogP contribution in [0.3, 0.4) is 0 Å². The van der Waals surface area contributed by atoms with Gasteiger partial charge in [0.1, 0.15) is 0 Å². The summed E-state index contributed by atoms with van der Waals surface area (Å²) in [6.45, 7) is 8.62. The lowest BCUT2D eigenvalue weighted by Gasteiger charge is -2.32. The molecule has 2 atom stereocenters. The number of nitrogens with one attached hydrogen (secondary N) is 2. The third-order valence-corrected chi connectivity index (χ3v) is 3.82. The summed E-state index contributed by atoms with van der Waals surface area (Å²) < 4.78 is 10.4. The monoisotopic (exact) mass is 300 g/mol. The predicted octanol–water partition coefficient (Wildman–Crippen LogP) is 1.69. The van der Waals surface area contributed by atoms with Gasteiger partial charge in [-0.1, -0.05) is 13.8 Å². The van der Waals surface area contributed by atoms with Crippen LogP contribution in [0.1, 0.15) is 40.5 Å². The third kappa shape index (κ3) is 5.53. The van der Waals surface area contributed by atoms with Crippen LogP contribution in [0.5, 0.6) is 0 Å². The number of ether oxygens (including phenoxy) is 2. The lowest BCUT2D eigenvalue weighted by molar-refractivity contribution is -0.150. The van der Waals surface area contributed by atoms with Crippen LogP contribution in [0.4, 0.5) is 4.79 Å². The fourth-order valence-electron chi connectivity index (χ4n) is 2.31. The number of rotatable bonds is 5. The van der Waals surface area contributed by atoms with E-state index in [-0.39, 0.29) is 30.7 Å². The summed E-state index contributed by atoms with van der Waals surface area (Å²) >= 11 is 0. The second-order valence-corrected chi connectivity index (χ2v) is 6.58.